The second-order valence-electron chi connectivity index (χ2n) is 6.96. The largest absolute Gasteiger partial charge is 0.355 e. The molecular weight excluding hydrogens is 378 g/mol. The van der Waals surface area contributed by atoms with Crippen LogP contribution in [-0.4, -0.2) is 4.98 Å². The number of H-pyrrole nitrogens is 1. The molecule has 0 bridgehead atoms. The molecule has 0 radical (unpaired) electrons. The van der Waals surface area contributed by atoms with E-state index >= 15 is 0 Å². The van der Waals surface area contributed by atoms with Gasteiger partial charge in [0.05, 0.1) is 0 Å². The molecule has 0 saturated carbocycles. The summed E-state index contributed by atoms with van der Waals surface area (Å²) in [5.74, 6) is -2.58. The van der Waals surface area contributed by atoms with Crippen molar-refractivity contribution in [3.05, 3.63) is 96.1 Å². The fourth-order valence-electron chi connectivity index (χ4n) is 3.70. The molecule has 1 aromatic heterocycles. The summed E-state index contributed by atoms with van der Waals surface area (Å²) in [6.45, 7) is 0. The first-order valence-electron chi connectivity index (χ1n) is 8.95. The van der Waals surface area contributed by atoms with Crippen LogP contribution in [0.2, 0.25) is 0 Å². The van der Waals surface area contributed by atoms with Crippen LogP contribution in [0.3, 0.4) is 0 Å². The third-order valence-electron chi connectivity index (χ3n) is 4.99. The predicted molar refractivity (Wildman–Crippen MR) is 107 cm³/mol. The molecule has 0 saturated heterocycles. The highest BCUT2D eigenvalue weighted by molar-refractivity contribution is 6.09. The summed E-state index contributed by atoms with van der Waals surface area (Å²) < 4.78 is 54.5. The number of halogens is 4. The van der Waals surface area contributed by atoms with E-state index in [-0.39, 0.29) is 0 Å². The van der Waals surface area contributed by atoms with Gasteiger partial charge in [0.25, 0.3) is 0 Å². The maximum Gasteiger partial charge on any atom is 0.126 e. The first kappa shape index (κ1) is 17.5. The number of fused-ring (bicyclic) bond motifs is 3. The van der Waals surface area contributed by atoms with Crippen molar-refractivity contribution >= 4 is 21.8 Å². The molecule has 1 heterocycles. The molecule has 142 valence electrons. The average Bonchev–Trinajstić information content (AvgIpc) is 3.03. The highest BCUT2D eigenvalue weighted by Crippen LogP contribution is 2.33. The molecule has 0 fully saturated rings. The molecule has 5 aromatic rings. The van der Waals surface area contributed by atoms with Crippen LogP contribution in [0.1, 0.15) is 0 Å². The number of aromatic amines is 1. The van der Waals surface area contributed by atoms with Crippen molar-refractivity contribution in [3.63, 3.8) is 0 Å². The van der Waals surface area contributed by atoms with Gasteiger partial charge in [0.15, 0.2) is 0 Å². The maximum atomic E-state index is 13.6. The van der Waals surface area contributed by atoms with E-state index in [4.69, 9.17) is 0 Å². The lowest BCUT2D eigenvalue weighted by molar-refractivity contribution is 0.583. The van der Waals surface area contributed by atoms with E-state index in [2.05, 4.69) is 4.98 Å². The van der Waals surface area contributed by atoms with Crippen molar-refractivity contribution in [1.82, 2.24) is 4.98 Å². The smallest absolute Gasteiger partial charge is 0.126 e. The van der Waals surface area contributed by atoms with Crippen molar-refractivity contribution in [2.24, 2.45) is 0 Å². The molecule has 0 unspecified atom stereocenters. The van der Waals surface area contributed by atoms with E-state index in [0.29, 0.717) is 22.3 Å². The van der Waals surface area contributed by atoms with Crippen molar-refractivity contribution in [1.29, 1.82) is 0 Å². The van der Waals surface area contributed by atoms with Crippen LogP contribution in [0, 0.1) is 23.3 Å². The zero-order chi connectivity index (χ0) is 20.1. The van der Waals surface area contributed by atoms with Crippen LogP contribution in [0.5, 0.6) is 0 Å². The third-order valence-corrected chi connectivity index (χ3v) is 4.99. The minimum Gasteiger partial charge on any atom is -0.355 e. The van der Waals surface area contributed by atoms with Gasteiger partial charge in [0, 0.05) is 33.9 Å². The lowest BCUT2D eigenvalue weighted by Crippen LogP contribution is -1.85. The fraction of sp³-hybridized carbons (Fsp3) is 0. The van der Waals surface area contributed by atoms with Gasteiger partial charge in [-0.1, -0.05) is 12.1 Å². The Hall–Kier alpha value is -3.60. The number of nitrogens with one attached hydrogen (secondary N) is 1. The van der Waals surface area contributed by atoms with Crippen molar-refractivity contribution < 1.29 is 17.6 Å². The Kier molecular flexibility index (Phi) is 3.91. The van der Waals surface area contributed by atoms with E-state index in [1.54, 1.807) is 12.1 Å². The summed E-state index contributed by atoms with van der Waals surface area (Å²) >= 11 is 0. The van der Waals surface area contributed by atoms with Crippen molar-refractivity contribution in [2.75, 3.05) is 0 Å². The summed E-state index contributed by atoms with van der Waals surface area (Å²) in [7, 11) is 0. The molecule has 1 N–H and O–H groups in total. The number of aromatic nitrogens is 1. The highest BCUT2D eigenvalue weighted by atomic mass is 19.1. The zero-order valence-electron chi connectivity index (χ0n) is 14.9. The van der Waals surface area contributed by atoms with Crippen molar-refractivity contribution in [3.8, 4) is 22.3 Å². The first-order chi connectivity index (χ1) is 14.0. The Balaban J connectivity index is 1.71. The maximum absolute atomic E-state index is 13.6. The Labute approximate surface area is 163 Å². The summed E-state index contributed by atoms with van der Waals surface area (Å²) in [5, 5.41) is 1.70. The minimum absolute atomic E-state index is 0.433. The molecule has 5 rings (SSSR count). The lowest BCUT2D eigenvalue weighted by Gasteiger charge is -2.05. The van der Waals surface area contributed by atoms with Gasteiger partial charge in [-0.3, -0.25) is 0 Å². The molecule has 0 atom stereocenters. The van der Waals surface area contributed by atoms with Gasteiger partial charge in [0.2, 0.25) is 0 Å². The number of hydrogen-bond acceptors (Lipinski definition) is 0. The molecule has 4 aromatic carbocycles. The van der Waals surface area contributed by atoms with Crippen LogP contribution >= 0.6 is 0 Å². The normalized spacial score (nSPS) is 11.4. The molecule has 29 heavy (non-hydrogen) atoms. The second-order valence-corrected chi connectivity index (χ2v) is 6.96. The van der Waals surface area contributed by atoms with E-state index in [9.17, 15) is 17.6 Å². The van der Waals surface area contributed by atoms with Gasteiger partial charge >= 0.3 is 0 Å². The van der Waals surface area contributed by atoms with Gasteiger partial charge in [-0.25, -0.2) is 17.6 Å². The van der Waals surface area contributed by atoms with Crippen LogP contribution in [0.25, 0.3) is 44.1 Å². The standard InChI is InChI=1S/C24H13F4N/c25-17-5-15(6-18(26)11-17)13-1-3-23-21(9-13)22-10-14(2-4-24(22)29-23)16-7-19(27)12-20(28)8-16/h1-12,29H. The predicted octanol–water partition coefficient (Wildman–Crippen LogP) is 7.21. The van der Waals surface area contributed by atoms with E-state index < -0.39 is 23.3 Å². The molecule has 0 aliphatic rings. The Bertz CT molecular complexity index is 1260. The molecule has 0 amide bonds. The van der Waals surface area contributed by atoms with Gasteiger partial charge in [0.1, 0.15) is 23.3 Å². The molecule has 0 aliphatic heterocycles. The summed E-state index contributed by atoms with van der Waals surface area (Å²) in [6, 6.07) is 17.7. The topological polar surface area (TPSA) is 15.8 Å². The monoisotopic (exact) mass is 391 g/mol. The van der Waals surface area contributed by atoms with Gasteiger partial charge in [-0.2, -0.15) is 0 Å². The Morgan fingerprint density at radius 3 is 1.17 bits per heavy atom. The first-order valence-corrected chi connectivity index (χ1v) is 8.95. The van der Waals surface area contributed by atoms with Gasteiger partial charge in [-0.15, -0.1) is 0 Å². The van der Waals surface area contributed by atoms with E-state index in [1.165, 1.54) is 24.3 Å². The van der Waals surface area contributed by atoms with Gasteiger partial charge in [-0.05, 0) is 70.8 Å². The van der Waals surface area contributed by atoms with E-state index in [0.717, 1.165) is 33.9 Å². The number of benzene rings is 4. The SMILES string of the molecule is Fc1cc(F)cc(-c2ccc3[nH]c4ccc(-c5cc(F)cc(F)c5)cc4c3c2)c1. The quantitative estimate of drug-likeness (QED) is 0.306. The molecular formula is C24H13F4N. The van der Waals surface area contributed by atoms with E-state index in [1.807, 2.05) is 24.3 Å². The van der Waals surface area contributed by atoms with Crippen molar-refractivity contribution in [2.45, 2.75) is 0 Å². The molecule has 1 nitrogen and oxygen atoms in total. The van der Waals surface area contributed by atoms with Crippen LogP contribution < -0.4 is 0 Å². The van der Waals surface area contributed by atoms with Crippen LogP contribution in [0.4, 0.5) is 17.6 Å². The second kappa shape index (κ2) is 6.48. The molecule has 0 aliphatic carbocycles. The third kappa shape index (κ3) is 3.14. The summed E-state index contributed by atoms with van der Waals surface area (Å²) in [6.07, 6.45) is 0. The zero-order valence-corrected chi connectivity index (χ0v) is 14.9. The molecule has 5 heteroatoms. The number of hydrogen-bond donors (Lipinski definition) is 1. The highest BCUT2D eigenvalue weighted by Gasteiger charge is 2.10. The minimum atomic E-state index is -0.644. The van der Waals surface area contributed by atoms with Crippen LogP contribution in [-0.2, 0) is 0 Å². The van der Waals surface area contributed by atoms with Crippen LogP contribution in [0.15, 0.2) is 72.8 Å². The fourth-order valence-corrected chi connectivity index (χ4v) is 3.70. The molecule has 0 spiro atoms. The summed E-state index contributed by atoms with van der Waals surface area (Å²) in [4.78, 5) is 3.28. The Morgan fingerprint density at radius 1 is 0.414 bits per heavy atom. The van der Waals surface area contributed by atoms with Gasteiger partial charge < -0.3 is 4.98 Å². The Morgan fingerprint density at radius 2 is 0.793 bits per heavy atom. The lowest BCUT2D eigenvalue weighted by atomic mass is 10.00. The number of rotatable bonds is 2. The summed E-state index contributed by atoms with van der Waals surface area (Å²) in [5.41, 5.74) is 3.90. The average molecular weight is 391 g/mol.